The van der Waals surface area contributed by atoms with Crippen molar-refractivity contribution >= 4 is 0 Å². The van der Waals surface area contributed by atoms with E-state index in [1.807, 2.05) is 0 Å². The van der Waals surface area contributed by atoms with Crippen molar-refractivity contribution in [3.8, 4) is 12.3 Å². The van der Waals surface area contributed by atoms with Crippen LogP contribution < -0.4 is 0 Å². The monoisotopic (exact) mass is 338 g/mol. The van der Waals surface area contributed by atoms with E-state index in [1.54, 1.807) is 7.11 Å². The van der Waals surface area contributed by atoms with Gasteiger partial charge in [0.15, 0.2) is 5.60 Å². The fourth-order valence-corrected chi connectivity index (χ4v) is 6.81. The van der Waals surface area contributed by atoms with Gasteiger partial charge in [0.05, 0.1) is 12.9 Å². The number of methoxy groups -OCH3 is 1. The zero-order valence-electron chi connectivity index (χ0n) is 15.6. The molecule has 0 spiro atoms. The number of terminal acetylenes is 1. The first-order chi connectivity index (χ1) is 12.0. The lowest BCUT2D eigenvalue weighted by Crippen LogP contribution is -2.53. The maximum absolute atomic E-state index is 11.3. The Labute approximate surface area is 152 Å². The highest BCUT2D eigenvalue weighted by molar-refractivity contribution is 5.40. The summed E-state index contributed by atoms with van der Waals surface area (Å²) in [6.07, 6.45) is 17.9. The predicted octanol–water partition coefficient (Wildman–Crippen LogP) is 4.62. The molecule has 0 bridgehead atoms. The van der Waals surface area contributed by atoms with Crippen molar-refractivity contribution in [2.75, 3.05) is 7.11 Å². The van der Waals surface area contributed by atoms with Gasteiger partial charge in [-0.2, -0.15) is 0 Å². The average molecular weight is 338 g/mol. The van der Waals surface area contributed by atoms with Gasteiger partial charge in [0.1, 0.15) is 0 Å². The molecule has 0 aliphatic heterocycles. The van der Waals surface area contributed by atoms with Crippen molar-refractivity contribution in [1.29, 1.82) is 0 Å². The number of aliphatic hydroxyl groups is 1. The molecule has 0 aromatic carbocycles. The van der Waals surface area contributed by atoms with Crippen LogP contribution in [0.1, 0.15) is 51.9 Å². The normalized spacial score (nSPS) is 45.4. The molecular weight excluding hydrogens is 308 g/mol. The lowest BCUT2D eigenvalue weighted by molar-refractivity contribution is -0.0860. The predicted molar refractivity (Wildman–Crippen MR) is 100 cm³/mol. The number of allylic oxidation sites excluding steroid dienone is 4. The van der Waals surface area contributed by atoms with Crippen molar-refractivity contribution in [3.63, 3.8) is 0 Å². The Hall–Kier alpha value is -1.46. The highest BCUT2D eigenvalue weighted by Crippen LogP contribution is 2.66. The van der Waals surface area contributed by atoms with E-state index >= 15 is 0 Å². The minimum absolute atomic E-state index is 0.173. The van der Waals surface area contributed by atoms with Gasteiger partial charge in [-0.1, -0.05) is 25.5 Å². The smallest absolute Gasteiger partial charge is 0.152 e. The summed E-state index contributed by atoms with van der Waals surface area (Å²) in [6.45, 7) is 6.40. The van der Waals surface area contributed by atoms with Crippen molar-refractivity contribution in [2.45, 2.75) is 57.5 Å². The molecule has 1 N–H and O–H groups in total. The number of rotatable bonds is 2. The fraction of sp³-hybridized carbons (Fsp3) is 0.652. The summed E-state index contributed by atoms with van der Waals surface area (Å²) in [5.41, 5.74) is 1.07. The molecule has 0 saturated heterocycles. The van der Waals surface area contributed by atoms with Crippen LogP contribution in [0, 0.1) is 41.4 Å². The second-order valence-corrected chi connectivity index (χ2v) is 8.54. The number of hydrogen-bond acceptors (Lipinski definition) is 2. The first-order valence-electron chi connectivity index (χ1n) is 9.83. The van der Waals surface area contributed by atoms with E-state index in [9.17, 15) is 5.11 Å². The lowest BCUT2D eigenvalue weighted by atomic mass is 9.50. The number of fused-ring (bicyclic) bond motifs is 5. The minimum Gasteiger partial charge on any atom is -0.501 e. The fourth-order valence-electron chi connectivity index (χ4n) is 6.81. The quantitative estimate of drug-likeness (QED) is 0.588. The van der Waals surface area contributed by atoms with Gasteiger partial charge >= 0.3 is 0 Å². The average Bonchev–Trinajstić information content (AvgIpc) is 2.89. The van der Waals surface area contributed by atoms with E-state index in [2.05, 4.69) is 31.6 Å². The number of hydrogen-bond donors (Lipinski definition) is 1. The molecule has 25 heavy (non-hydrogen) atoms. The molecule has 134 valence electrons. The molecule has 2 saturated carbocycles. The third kappa shape index (κ3) is 2.08. The maximum atomic E-state index is 11.3. The van der Waals surface area contributed by atoms with Crippen LogP contribution in [0.15, 0.2) is 35.6 Å². The van der Waals surface area contributed by atoms with Gasteiger partial charge in [0, 0.05) is 11.8 Å². The molecule has 6 atom stereocenters. The molecular formula is C23H30O2. The van der Waals surface area contributed by atoms with E-state index in [0.717, 1.165) is 43.4 Å². The molecule has 0 aromatic heterocycles. The first kappa shape index (κ1) is 17.0. The molecule has 2 nitrogen and oxygen atoms in total. The molecule has 4 rings (SSSR count). The Kier molecular flexibility index (Phi) is 3.92. The van der Waals surface area contributed by atoms with E-state index in [0.29, 0.717) is 23.7 Å². The van der Waals surface area contributed by atoms with E-state index in [-0.39, 0.29) is 5.41 Å². The van der Waals surface area contributed by atoms with Crippen molar-refractivity contribution in [2.24, 2.45) is 29.1 Å². The molecule has 0 amide bonds. The van der Waals surface area contributed by atoms with E-state index in [1.165, 1.54) is 18.4 Å². The molecule has 0 aromatic rings. The lowest BCUT2D eigenvalue weighted by Gasteiger charge is -2.54. The van der Waals surface area contributed by atoms with Crippen molar-refractivity contribution < 1.29 is 9.84 Å². The van der Waals surface area contributed by atoms with E-state index in [4.69, 9.17) is 11.2 Å². The van der Waals surface area contributed by atoms with E-state index < -0.39 is 5.60 Å². The zero-order chi connectivity index (χ0) is 17.8. The summed E-state index contributed by atoms with van der Waals surface area (Å²) in [5, 5.41) is 11.3. The summed E-state index contributed by atoms with van der Waals surface area (Å²) in [4.78, 5) is 0. The second-order valence-electron chi connectivity index (χ2n) is 8.54. The highest BCUT2D eigenvalue weighted by atomic mass is 16.5. The molecule has 0 heterocycles. The molecule has 4 aliphatic rings. The van der Waals surface area contributed by atoms with Crippen LogP contribution in [0.25, 0.3) is 0 Å². The summed E-state index contributed by atoms with van der Waals surface area (Å²) in [5.74, 6) is 6.34. The van der Waals surface area contributed by atoms with Crippen LogP contribution in [0.2, 0.25) is 0 Å². The Morgan fingerprint density at radius 1 is 1.40 bits per heavy atom. The maximum Gasteiger partial charge on any atom is 0.152 e. The van der Waals surface area contributed by atoms with Gasteiger partial charge in [-0.3, -0.25) is 0 Å². The van der Waals surface area contributed by atoms with Gasteiger partial charge in [0.25, 0.3) is 0 Å². The van der Waals surface area contributed by atoms with Gasteiger partial charge < -0.3 is 9.84 Å². The molecule has 0 radical (unpaired) electrons. The first-order valence-corrected chi connectivity index (χ1v) is 9.83. The molecule has 2 heteroatoms. The van der Waals surface area contributed by atoms with Crippen molar-refractivity contribution in [3.05, 3.63) is 35.6 Å². The summed E-state index contributed by atoms with van der Waals surface area (Å²) in [6, 6.07) is 0. The van der Waals surface area contributed by atoms with Gasteiger partial charge in [-0.15, -0.1) is 6.42 Å². The Bertz CT molecular complexity index is 693. The van der Waals surface area contributed by atoms with Crippen LogP contribution in [0.5, 0.6) is 0 Å². The van der Waals surface area contributed by atoms with Gasteiger partial charge in [0.2, 0.25) is 0 Å². The van der Waals surface area contributed by atoms with Crippen LogP contribution in [-0.2, 0) is 4.74 Å². The Balaban J connectivity index is 1.71. The van der Waals surface area contributed by atoms with Gasteiger partial charge in [-0.25, -0.2) is 0 Å². The third-order valence-electron chi connectivity index (χ3n) is 8.10. The second kappa shape index (κ2) is 5.78. The topological polar surface area (TPSA) is 29.5 Å². The molecule has 2 fully saturated rings. The Morgan fingerprint density at radius 2 is 2.20 bits per heavy atom. The van der Waals surface area contributed by atoms with Crippen LogP contribution in [0.3, 0.4) is 0 Å². The third-order valence-corrected chi connectivity index (χ3v) is 8.10. The standard InChI is InChI=1S/C23H30O2/c1-5-22-12-11-19-18-10-8-17(25-4)14-16(18)7-9-20(19)21(22)13-15(3)23(22,24)6-2/h2,7,14,18-21,24H,3,5,8-13H2,1,4H3/t18?,19?,20-,21?,22+,23?/m1/s1. The van der Waals surface area contributed by atoms with Crippen LogP contribution in [0.4, 0.5) is 0 Å². The summed E-state index contributed by atoms with van der Waals surface area (Å²) >= 11 is 0. The van der Waals surface area contributed by atoms with Crippen LogP contribution >= 0.6 is 0 Å². The van der Waals surface area contributed by atoms with Crippen molar-refractivity contribution in [1.82, 2.24) is 0 Å². The minimum atomic E-state index is -1.11. The van der Waals surface area contributed by atoms with Gasteiger partial charge in [-0.05, 0) is 79.4 Å². The Morgan fingerprint density at radius 3 is 2.88 bits per heavy atom. The largest absolute Gasteiger partial charge is 0.501 e. The summed E-state index contributed by atoms with van der Waals surface area (Å²) < 4.78 is 5.49. The molecule has 4 aliphatic carbocycles. The SMILES string of the molecule is C#CC1(O)C(=C)CC2[C@@H]3CC=C4C=C(OC)CCC4C3CC[C@@]21CC. The highest BCUT2D eigenvalue weighted by Gasteiger charge is 2.64. The van der Waals surface area contributed by atoms with Crippen LogP contribution in [-0.4, -0.2) is 17.8 Å². The summed E-state index contributed by atoms with van der Waals surface area (Å²) in [7, 11) is 1.78. The number of ether oxygens (including phenoxy) is 1. The molecule has 4 unspecified atom stereocenters. The zero-order valence-corrected chi connectivity index (χ0v) is 15.6.